The Morgan fingerprint density at radius 1 is 0.621 bits per heavy atom. The number of amides is 2. The molecule has 0 aromatic heterocycles. The fraction of sp³-hybridized carbons (Fsp3) is 0.0400. The van der Waals surface area contributed by atoms with Crippen LogP contribution < -0.4 is 10.9 Å². The lowest BCUT2D eigenvalue weighted by atomic mass is 10.0. The zero-order chi connectivity index (χ0) is 20.1. The van der Waals surface area contributed by atoms with Crippen LogP contribution in [0.5, 0.6) is 0 Å². The fourth-order valence-electron chi connectivity index (χ4n) is 3.31. The number of hydrogen-bond acceptors (Lipinski definition) is 2. The van der Waals surface area contributed by atoms with Gasteiger partial charge in [0, 0.05) is 5.56 Å². The van der Waals surface area contributed by atoms with Gasteiger partial charge in [-0.05, 0) is 39.6 Å². The normalized spacial score (nSPS) is 10.5. The molecule has 0 unspecified atom stereocenters. The zero-order valence-electron chi connectivity index (χ0n) is 15.8. The lowest BCUT2D eigenvalue weighted by molar-refractivity contribution is -0.121. The molecule has 0 atom stereocenters. The van der Waals surface area contributed by atoms with Crippen molar-refractivity contribution in [2.75, 3.05) is 0 Å². The Hall–Kier alpha value is -3.92. The topological polar surface area (TPSA) is 58.2 Å². The van der Waals surface area contributed by atoms with Crippen LogP contribution in [0.1, 0.15) is 15.9 Å². The van der Waals surface area contributed by atoms with Crippen molar-refractivity contribution < 1.29 is 9.59 Å². The van der Waals surface area contributed by atoms with E-state index in [0.29, 0.717) is 5.56 Å². The molecule has 0 heterocycles. The first-order valence-corrected chi connectivity index (χ1v) is 9.42. The van der Waals surface area contributed by atoms with E-state index in [1.807, 2.05) is 84.9 Å². The van der Waals surface area contributed by atoms with E-state index in [1.165, 1.54) is 0 Å². The number of carbonyl (C=O) groups is 2. The second-order valence-electron chi connectivity index (χ2n) is 6.76. The molecule has 0 fully saturated rings. The number of hydrazine groups is 1. The van der Waals surface area contributed by atoms with Crippen LogP contribution in [0.4, 0.5) is 0 Å². The molecule has 0 bridgehead atoms. The van der Waals surface area contributed by atoms with E-state index < -0.39 is 0 Å². The van der Waals surface area contributed by atoms with Crippen LogP contribution in [0, 0.1) is 0 Å². The van der Waals surface area contributed by atoms with E-state index in [9.17, 15) is 9.59 Å². The van der Waals surface area contributed by atoms with Crippen molar-refractivity contribution in [2.24, 2.45) is 0 Å². The summed E-state index contributed by atoms with van der Waals surface area (Å²) in [5, 5.41) is 2.12. The first kappa shape index (κ1) is 18.4. The highest BCUT2D eigenvalue weighted by atomic mass is 16.2. The monoisotopic (exact) mass is 380 g/mol. The third kappa shape index (κ3) is 4.33. The van der Waals surface area contributed by atoms with Crippen molar-refractivity contribution in [1.29, 1.82) is 0 Å². The highest BCUT2D eigenvalue weighted by molar-refractivity contribution is 5.96. The number of rotatable bonds is 4. The first-order valence-electron chi connectivity index (χ1n) is 9.42. The summed E-state index contributed by atoms with van der Waals surface area (Å²) in [5.41, 5.74) is 8.51. The van der Waals surface area contributed by atoms with Gasteiger partial charge in [0.05, 0.1) is 6.42 Å². The Labute approximate surface area is 169 Å². The highest BCUT2D eigenvalue weighted by Gasteiger charge is 2.10. The number of carbonyl (C=O) groups excluding carboxylic acids is 2. The van der Waals surface area contributed by atoms with E-state index in [4.69, 9.17) is 0 Å². The molecule has 2 N–H and O–H groups in total. The molecule has 4 nitrogen and oxygen atoms in total. The predicted molar refractivity (Wildman–Crippen MR) is 115 cm³/mol. The summed E-state index contributed by atoms with van der Waals surface area (Å²) in [4.78, 5) is 24.6. The van der Waals surface area contributed by atoms with Crippen LogP contribution in [0.3, 0.4) is 0 Å². The molecule has 0 spiro atoms. The Morgan fingerprint density at radius 3 is 2.07 bits per heavy atom. The molecule has 4 aromatic carbocycles. The minimum atomic E-state index is -0.351. The van der Waals surface area contributed by atoms with Crippen molar-refractivity contribution in [2.45, 2.75) is 6.42 Å². The zero-order valence-corrected chi connectivity index (χ0v) is 15.8. The minimum absolute atomic E-state index is 0.189. The van der Waals surface area contributed by atoms with Gasteiger partial charge in [-0.1, -0.05) is 84.9 Å². The Balaban J connectivity index is 1.37. The van der Waals surface area contributed by atoms with Crippen molar-refractivity contribution in [3.8, 4) is 11.1 Å². The second kappa shape index (κ2) is 8.40. The van der Waals surface area contributed by atoms with Crippen LogP contribution in [0.15, 0.2) is 97.1 Å². The molecule has 0 saturated heterocycles. The van der Waals surface area contributed by atoms with E-state index in [0.717, 1.165) is 27.5 Å². The number of benzene rings is 4. The quantitative estimate of drug-likeness (QED) is 0.512. The van der Waals surface area contributed by atoms with Gasteiger partial charge in [0.1, 0.15) is 0 Å². The Kier molecular flexibility index (Phi) is 5.34. The van der Waals surface area contributed by atoms with E-state index in [2.05, 4.69) is 10.9 Å². The van der Waals surface area contributed by atoms with Crippen LogP contribution in [-0.4, -0.2) is 11.8 Å². The van der Waals surface area contributed by atoms with Crippen LogP contribution in [0.2, 0.25) is 0 Å². The number of fused-ring (bicyclic) bond motifs is 1. The third-order valence-corrected chi connectivity index (χ3v) is 4.80. The molecule has 0 aliphatic carbocycles. The van der Waals surface area contributed by atoms with Gasteiger partial charge in [-0.25, -0.2) is 0 Å². The maximum atomic E-state index is 12.3. The van der Waals surface area contributed by atoms with Gasteiger partial charge in [-0.2, -0.15) is 0 Å². The SMILES string of the molecule is O=C(Cc1cccc2ccccc12)NNC(=O)c1ccc(-c2ccccc2)cc1. The second-order valence-corrected chi connectivity index (χ2v) is 6.76. The summed E-state index contributed by atoms with van der Waals surface area (Å²) in [6, 6.07) is 31.0. The van der Waals surface area contributed by atoms with Gasteiger partial charge in [0.2, 0.25) is 5.91 Å². The van der Waals surface area contributed by atoms with Crippen molar-refractivity contribution >= 4 is 22.6 Å². The molecule has 29 heavy (non-hydrogen) atoms. The predicted octanol–water partition coefficient (Wildman–Crippen LogP) is 4.51. The summed E-state index contributed by atoms with van der Waals surface area (Å²) < 4.78 is 0. The average molecular weight is 380 g/mol. The van der Waals surface area contributed by atoms with Gasteiger partial charge in [0.15, 0.2) is 0 Å². The lowest BCUT2D eigenvalue weighted by Crippen LogP contribution is -2.42. The molecule has 4 heteroatoms. The van der Waals surface area contributed by atoms with Gasteiger partial charge in [-0.3, -0.25) is 20.4 Å². The summed E-state index contributed by atoms with van der Waals surface area (Å²) in [7, 11) is 0. The van der Waals surface area contributed by atoms with Crippen LogP contribution >= 0.6 is 0 Å². The first-order chi connectivity index (χ1) is 14.2. The van der Waals surface area contributed by atoms with Gasteiger partial charge < -0.3 is 0 Å². The molecule has 4 aromatic rings. The molecular formula is C25H20N2O2. The summed E-state index contributed by atoms with van der Waals surface area (Å²) in [5.74, 6) is -0.619. The smallest absolute Gasteiger partial charge is 0.269 e. The van der Waals surface area contributed by atoms with E-state index in [1.54, 1.807) is 12.1 Å². The molecule has 2 amide bonds. The average Bonchev–Trinajstić information content (AvgIpc) is 2.78. The van der Waals surface area contributed by atoms with Crippen LogP contribution in [-0.2, 0) is 11.2 Å². The van der Waals surface area contributed by atoms with Crippen LogP contribution in [0.25, 0.3) is 21.9 Å². The molecule has 0 aliphatic rings. The van der Waals surface area contributed by atoms with E-state index in [-0.39, 0.29) is 18.2 Å². The van der Waals surface area contributed by atoms with Gasteiger partial charge >= 0.3 is 0 Å². The Morgan fingerprint density at radius 2 is 1.28 bits per heavy atom. The number of nitrogens with one attached hydrogen (secondary N) is 2. The van der Waals surface area contributed by atoms with Crippen molar-refractivity contribution in [3.63, 3.8) is 0 Å². The summed E-state index contributed by atoms with van der Waals surface area (Å²) >= 11 is 0. The maximum Gasteiger partial charge on any atom is 0.269 e. The molecule has 0 saturated carbocycles. The molecule has 4 rings (SSSR count). The molecule has 0 aliphatic heterocycles. The highest BCUT2D eigenvalue weighted by Crippen LogP contribution is 2.20. The largest absolute Gasteiger partial charge is 0.273 e. The standard InChI is InChI=1S/C25H20N2O2/c28-24(17-22-11-6-10-20-9-4-5-12-23(20)22)26-27-25(29)21-15-13-19(14-16-21)18-7-2-1-3-8-18/h1-16H,17H2,(H,26,28)(H,27,29). The number of hydrogen-bond donors (Lipinski definition) is 2. The van der Waals surface area contributed by atoms with Gasteiger partial charge in [0.25, 0.3) is 5.91 Å². The minimum Gasteiger partial charge on any atom is -0.273 e. The van der Waals surface area contributed by atoms with Gasteiger partial charge in [-0.15, -0.1) is 0 Å². The fourth-order valence-corrected chi connectivity index (χ4v) is 3.31. The molecule has 142 valence electrons. The molecule has 0 radical (unpaired) electrons. The van der Waals surface area contributed by atoms with E-state index >= 15 is 0 Å². The lowest BCUT2D eigenvalue weighted by Gasteiger charge is -2.10. The maximum absolute atomic E-state index is 12.3. The Bertz CT molecular complexity index is 1150. The third-order valence-electron chi connectivity index (χ3n) is 4.80. The summed E-state index contributed by atoms with van der Waals surface area (Å²) in [6.07, 6.45) is 0.189. The van der Waals surface area contributed by atoms with Crippen molar-refractivity contribution in [3.05, 3.63) is 108 Å². The van der Waals surface area contributed by atoms with Crippen molar-refractivity contribution in [1.82, 2.24) is 10.9 Å². The molecular weight excluding hydrogens is 360 g/mol. The summed E-state index contributed by atoms with van der Waals surface area (Å²) in [6.45, 7) is 0.